The summed E-state index contributed by atoms with van der Waals surface area (Å²) in [6, 6.07) is 26.5. The van der Waals surface area contributed by atoms with Gasteiger partial charge in [0.05, 0.1) is 18.7 Å². The van der Waals surface area contributed by atoms with Gasteiger partial charge in [0.25, 0.3) is 5.91 Å². The van der Waals surface area contributed by atoms with Crippen LogP contribution in [0.25, 0.3) is 0 Å². The van der Waals surface area contributed by atoms with Crippen LogP contribution in [0.5, 0.6) is 5.75 Å². The fourth-order valence-corrected chi connectivity index (χ4v) is 7.54. The molecule has 3 aromatic rings. The quantitative estimate of drug-likeness (QED) is 0.454. The molecule has 0 unspecified atom stereocenters. The summed E-state index contributed by atoms with van der Waals surface area (Å²) in [7, 11) is 1.66. The van der Waals surface area contributed by atoms with Crippen LogP contribution in [-0.2, 0) is 5.41 Å². The van der Waals surface area contributed by atoms with Crippen LogP contribution < -0.4 is 10.1 Å². The molecule has 4 bridgehead atoms. The van der Waals surface area contributed by atoms with Gasteiger partial charge in [-0.25, -0.2) is 0 Å². The van der Waals surface area contributed by atoms with Crippen LogP contribution in [0.15, 0.2) is 78.9 Å². The van der Waals surface area contributed by atoms with Crippen LogP contribution in [-0.4, -0.2) is 13.0 Å². The normalized spacial score (nSPS) is 27.1. The first kappa shape index (κ1) is 21.5. The molecule has 7 rings (SSSR count). The van der Waals surface area contributed by atoms with Gasteiger partial charge in [0.1, 0.15) is 5.75 Å². The molecule has 1 N–H and O–H groups in total. The first-order chi connectivity index (χ1) is 16.6. The Morgan fingerprint density at radius 1 is 0.824 bits per heavy atom. The van der Waals surface area contributed by atoms with E-state index in [0.717, 1.165) is 28.9 Å². The summed E-state index contributed by atoms with van der Waals surface area (Å²) in [6.45, 7) is 0. The lowest BCUT2D eigenvalue weighted by Crippen LogP contribution is -2.48. The Kier molecular flexibility index (Phi) is 5.44. The van der Waals surface area contributed by atoms with Gasteiger partial charge in [-0.05, 0) is 90.5 Å². The van der Waals surface area contributed by atoms with E-state index in [-0.39, 0.29) is 17.4 Å². The van der Waals surface area contributed by atoms with Gasteiger partial charge in [-0.2, -0.15) is 0 Å². The molecule has 4 fully saturated rings. The van der Waals surface area contributed by atoms with E-state index in [4.69, 9.17) is 4.74 Å². The number of hydrogen-bond donors (Lipinski definition) is 1. The van der Waals surface area contributed by atoms with E-state index in [9.17, 15) is 4.79 Å². The summed E-state index contributed by atoms with van der Waals surface area (Å²) in [4.78, 5) is 13.8. The Morgan fingerprint density at radius 3 is 1.85 bits per heavy atom. The highest BCUT2D eigenvalue weighted by atomic mass is 16.5. The third-order valence-corrected chi connectivity index (χ3v) is 8.64. The lowest BCUT2D eigenvalue weighted by molar-refractivity contribution is -0.00522. The van der Waals surface area contributed by atoms with Crippen molar-refractivity contribution in [3.8, 4) is 5.75 Å². The summed E-state index contributed by atoms with van der Waals surface area (Å²) in [5.74, 6) is 3.16. The van der Waals surface area contributed by atoms with Crippen molar-refractivity contribution in [2.24, 2.45) is 17.8 Å². The lowest BCUT2D eigenvalue weighted by atomic mass is 9.48. The molecule has 0 saturated heterocycles. The van der Waals surface area contributed by atoms with E-state index < -0.39 is 0 Å². The van der Waals surface area contributed by atoms with Crippen molar-refractivity contribution in [3.05, 3.63) is 101 Å². The molecule has 0 atom stereocenters. The summed E-state index contributed by atoms with van der Waals surface area (Å²) in [5, 5.41) is 3.32. The van der Waals surface area contributed by atoms with Gasteiger partial charge in [0.15, 0.2) is 0 Å². The molecule has 1 amide bonds. The van der Waals surface area contributed by atoms with E-state index >= 15 is 0 Å². The fourth-order valence-electron chi connectivity index (χ4n) is 7.54. The van der Waals surface area contributed by atoms with Crippen molar-refractivity contribution in [3.63, 3.8) is 0 Å². The first-order valence-corrected chi connectivity index (χ1v) is 12.7. The molecule has 0 spiro atoms. The van der Waals surface area contributed by atoms with Crippen molar-refractivity contribution in [2.75, 3.05) is 7.11 Å². The van der Waals surface area contributed by atoms with Gasteiger partial charge >= 0.3 is 0 Å². The molecule has 0 radical (unpaired) electrons. The van der Waals surface area contributed by atoms with Crippen LogP contribution in [0.3, 0.4) is 0 Å². The molecule has 4 saturated carbocycles. The number of ether oxygens (including phenoxy) is 1. The van der Waals surface area contributed by atoms with Crippen molar-refractivity contribution in [1.82, 2.24) is 5.32 Å². The minimum absolute atomic E-state index is 0.0823. The number of amides is 1. The molecule has 174 valence electrons. The maximum absolute atomic E-state index is 13.8. The van der Waals surface area contributed by atoms with Gasteiger partial charge in [-0.1, -0.05) is 66.7 Å². The highest BCUT2D eigenvalue weighted by Crippen LogP contribution is 2.60. The Morgan fingerprint density at radius 2 is 1.35 bits per heavy atom. The zero-order valence-electron chi connectivity index (χ0n) is 19.9. The van der Waals surface area contributed by atoms with E-state index in [1.807, 2.05) is 42.5 Å². The Bertz CT molecular complexity index is 1100. The molecule has 0 aromatic heterocycles. The second-order valence-corrected chi connectivity index (χ2v) is 10.8. The Labute approximate surface area is 202 Å². The lowest BCUT2D eigenvalue weighted by Gasteiger charge is -2.57. The monoisotopic (exact) mass is 451 g/mol. The Balaban J connectivity index is 1.34. The molecule has 34 heavy (non-hydrogen) atoms. The van der Waals surface area contributed by atoms with Gasteiger partial charge in [-0.15, -0.1) is 0 Å². The number of hydrogen-bond acceptors (Lipinski definition) is 2. The topological polar surface area (TPSA) is 38.3 Å². The first-order valence-electron chi connectivity index (χ1n) is 12.7. The van der Waals surface area contributed by atoms with E-state index in [1.54, 1.807) is 7.11 Å². The van der Waals surface area contributed by atoms with Crippen LogP contribution >= 0.6 is 0 Å². The fraction of sp³-hybridized carbons (Fsp3) is 0.387. The van der Waals surface area contributed by atoms with Crippen molar-refractivity contribution in [2.45, 2.75) is 50.0 Å². The highest BCUT2D eigenvalue weighted by Gasteiger charge is 2.51. The van der Waals surface area contributed by atoms with Crippen LogP contribution in [0.1, 0.15) is 71.6 Å². The number of benzene rings is 3. The predicted molar refractivity (Wildman–Crippen MR) is 135 cm³/mol. The SMILES string of the molecule is COc1ccc(C23CC4CC(CC(C4)C2)C3)cc1C(=O)NC(c1ccccc1)c1ccccc1. The molecule has 4 aliphatic carbocycles. The highest BCUT2D eigenvalue weighted by molar-refractivity contribution is 5.97. The van der Waals surface area contributed by atoms with E-state index in [0.29, 0.717) is 11.3 Å². The van der Waals surface area contributed by atoms with Crippen LogP contribution in [0.4, 0.5) is 0 Å². The Hall–Kier alpha value is -3.07. The van der Waals surface area contributed by atoms with E-state index in [2.05, 4.69) is 41.7 Å². The molecular formula is C31H33NO2. The molecular weight excluding hydrogens is 418 g/mol. The second-order valence-electron chi connectivity index (χ2n) is 10.8. The zero-order valence-corrected chi connectivity index (χ0v) is 19.9. The average Bonchev–Trinajstić information content (AvgIpc) is 2.87. The molecule has 0 aliphatic heterocycles. The maximum Gasteiger partial charge on any atom is 0.255 e. The summed E-state index contributed by atoms with van der Waals surface area (Å²) in [5.41, 5.74) is 4.37. The molecule has 0 heterocycles. The summed E-state index contributed by atoms with van der Waals surface area (Å²) >= 11 is 0. The summed E-state index contributed by atoms with van der Waals surface area (Å²) < 4.78 is 5.67. The molecule has 3 aromatic carbocycles. The standard InChI is InChI=1S/C31H33NO2/c1-34-28-13-12-26(31-18-21-14-22(19-31)16-23(15-21)20-31)17-27(28)30(33)32-29(24-8-4-2-5-9-24)25-10-6-3-7-11-25/h2-13,17,21-23,29H,14-16,18-20H2,1H3,(H,32,33). The van der Waals surface area contributed by atoms with Gasteiger partial charge in [0, 0.05) is 0 Å². The van der Waals surface area contributed by atoms with E-state index in [1.165, 1.54) is 44.1 Å². The smallest absolute Gasteiger partial charge is 0.255 e. The largest absolute Gasteiger partial charge is 0.496 e. The van der Waals surface area contributed by atoms with Crippen molar-refractivity contribution < 1.29 is 9.53 Å². The van der Waals surface area contributed by atoms with Crippen LogP contribution in [0, 0.1) is 17.8 Å². The van der Waals surface area contributed by atoms with Gasteiger partial charge < -0.3 is 10.1 Å². The van der Waals surface area contributed by atoms with Crippen molar-refractivity contribution >= 4 is 5.91 Å². The maximum atomic E-state index is 13.8. The molecule has 3 nitrogen and oxygen atoms in total. The third kappa shape index (κ3) is 3.81. The second kappa shape index (κ2) is 8.61. The number of nitrogens with one attached hydrogen (secondary N) is 1. The zero-order chi connectivity index (χ0) is 23.1. The number of carbonyl (C=O) groups excluding carboxylic acids is 1. The minimum atomic E-state index is -0.220. The van der Waals surface area contributed by atoms with Gasteiger partial charge in [-0.3, -0.25) is 4.79 Å². The average molecular weight is 452 g/mol. The number of carbonyl (C=O) groups is 1. The number of methoxy groups -OCH3 is 1. The molecule has 3 heteroatoms. The molecule has 4 aliphatic rings. The number of rotatable bonds is 6. The van der Waals surface area contributed by atoms with Crippen LogP contribution in [0.2, 0.25) is 0 Å². The summed E-state index contributed by atoms with van der Waals surface area (Å²) in [6.07, 6.45) is 8.09. The third-order valence-electron chi connectivity index (χ3n) is 8.64. The predicted octanol–water partition coefficient (Wildman–Crippen LogP) is 6.68. The minimum Gasteiger partial charge on any atom is -0.496 e. The van der Waals surface area contributed by atoms with Crippen molar-refractivity contribution in [1.29, 1.82) is 0 Å². The van der Waals surface area contributed by atoms with Gasteiger partial charge in [0.2, 0.25) is 0 Å².